The van der Waals surface area contributed by atoms with E-state index in [2.05, 4.69) is 16.4 Å². The molecule has 2 aliphatic heterocycles. The summed E-state index contributed by atoms with van der Waals surface area (Å²) in [5, 5.41) is 3.15. The Hall–Kier alpha value is -2.37. The number of carbonyl (C=O) groups excluding carboxylic acids is 1. The van der Waals surface area contributed by atoms with Gasteiger partial charge in [0.2, 0.25) is 15.9 Å². The number of rotatable bonds is 15. The minimum absolute atomic E-state index is 0.0360. The topological polar surface area (TPSA) is 107 Å². The molecule has 3 heterocycles. The summed E-state index contributed by atoms with van der Waals surface area (Å²) in [6.45, 7) is 11.2. The van der Waals surface area contributed by atoms with Gasteiger partial charge in [-0.3, -0.25) is 9.78 Å². The van der Waals surface area contributed by atoms with Crippen LogP contribution in [-0.4, -0.2) is 75.8 Å². The number of nitrogens with zero attached hydrogens (tertiary/aromatic N) is 2. The van der Waals surface area contributed by atoms with Gasteiger partial charge in [0, 0.05) is 62.9 Å². The van der Waals surface area contributed by atoms with Crippen molar-refractivity contribution in [3.8, 4) is 0 Å². The Morgan fingerprint density at radius 1 is 1.07 bits per heavy atom. The Labute approximate surface area is 270 Å². The van der Waals surface area contributed by atoms with Crippen LogP contribution in [0.4, 0.5) is 0 Å². The van der Waals surface area contributed by atoms with Crippen molar-refractivity contribution in [1.29, 1.82) is 0 Å². The van der Waals surface area contributed by atoms with Gasteiger partial charge in [0.25, 0.3) is 0 Å². The highest BCUT2D eigenvalue weighted by Crippen LogP contribution is 2.35. The van der Waals surface area contributed by atoms with Crippen molar-refractivity contribution in [2.75, 3.05) is 40.0 Å². The highest BCUT2D eigenvalue weighted by atomic mass is 32.2. The van der Waals surface area contributed by atoms with Crippen molar-refractivity contribution in [1.82, 2.24) is 14.6 Å². The molecular formula is C35H53N3O6S. The zero-order valence-electron chi connectivity index (χ0n) is 27.8. The van der Waals surface area contributed by atoms with Crippen LogP contribution in [0.1, 0.15) is 81.3 Å². The number of unbranched alkanes of at least 4 members (excludes halogenated alkanes) is 1. The van der Waals surface area contributed by atoms with Crippen LogP contribution in [0, 0.1) is 25.2 Å². The Morgan fingerprint density at radius 3 is 2.51 bits per heavy atom. The SMILES string of the molecule is COCCCCc1cc(CO[C@@H]2CC[C@@H](CC(C)(C)C(=O)NCC3CCOCC3)N(S(=O)(=O)c3ccc(C)cc3)C2)cc(C)n1. The second kappa shape index (κ2) is 16.5. The first kappa shape index (κ1) is 35.5. The average molecular weight is 644 g/mol. The number of aromatic nitrogens is 1. The van der Waals surface area contributed by atoms with Gasteiger partial charge < -0.3 is 19.5 Å². The second-order valence-corrected chi connectivity index (χ2v) is 15.4. The third-order valence-electron chi connectivity index (χ3n) is 9.08. The number of benzene rings is 1. The Morgan fingerprint density at radius 2 is 1.80 bits per heavy atom. The molecule has 0 bridgehead atoms. The summed E-state index contributed by atoms with van der Waals surface area (Å²) in [6.07, 6.45) is 6.27. The van der Waals surface area contributed by atoms with Crippen LogP contribution in [0.5, 0.6) is 0 Å². The third-order valence-corrected chi connectivity index (χ3v) is 11.0. The molecule has 10 heteroatoms. The van der Waals surface area contributed by atoms with Gasteiger partial charge in [-0.05, 0) is 101 Å². The van der Waals surface area contributed by atoms with Gasteiger partial charge in [-0.1, -0.05) is 31.5 Å². The van der Waals surface area contributed by atoms with Crippen LogP contribution in [0.2, 0.25) is 0 Å². The van der Waals surface area contributed by atoms with Crippen LogP contribution < -0.4 is 5.32 Å². The summed E-state index contributed by atoms with van der Waals surface area (Å²) in [4.78, 5) is 18.3. The van der Waals surface area contributed by atoms with E-state index in [0.717, 1.165) is 80.9 Å². The first-order valence-electron chi connectivity index (χ1n) is 16.5. The number of hydrogen-bond donors (Lipinski definition) is 1. The normalized spacial score (nSPS) is 20.3. The summed E-state index contributed by atoms with van der Waals surface area (Å²) in [6, 6.07) is 10.8. The van der Waals surface area contributed by atoms with Gasteiger partial charge in [-0.2, -0.15) is 4.31 Å². The molecule has 0 spiro atoms. The van der Waals surface area contributed by atoms with E-state index in [1.807, 2.05) is 45.9 Å². The van der Waals surface area contributed by atoms with Crippen LogP contribution in [-0.2, 0) is 42.1 Å². The molecule has 2 aromatic rings. The summed E-state index contributed by atoms with van der Waals surface area (Å²) < 4.78 is 46.8. The standard InChI is InChI=1S/C35H53N3O6S/c1-26-9-13-33(14-10-26)45(40,41)38-24-32(44-25-29-20-27(2)37-30(21-29)8-6-7-17-42-5)12-11-31(38)22-35(3,4)34(39)36-23-28-15-18-43-19-16-28/h9-10,13-14,20-21,28,31-32H,6-8,11-12,15-19,22-25H2,1-5H3,(H,36,39)/t31-,32+/m0/s1. The zero-order chi connectivity index (χ0) is 32.5. The van der Waals surface area contributed by atoms with E-state index in [1.54, 1.807) is 23.5 Å². The van der Waals surface area contributed by atoms with Crippen molar-refractivity contribution >= 4 is 15.9 Å². The molecule has 2 saturated heterocycles. The Bertz CT molecular complexity index is 1340. The van der Waals surface area contributed by atoms with E-state index >= 15 is 0 Å². The Kier molecular flexibility index (Phi) is 13.0. The van der Waals surface area contributed by atoms with E-state index in [0.29, 0.717) is 31.9 Å². The maximum absolute atomic E-state index is 14.1. The lowest BCUT2D eigenvalue weighted by Gasteiger charge is -2.41. The summed E-state index contributed by atoms with van der Waals surface area (Å²) in [5.41, 5.74) is 3.29. The van der Waals surface area contributed by atoms with Gasteiger partial charge in [-0.15, -0.1) is 0 Å². The molecule has 0 unspecified atom stereocenters. The van der Waals surface area contributed by atoms with Crippen molar-refractivity contribution < 1.29 is 27.4 Å². The minimum atomic E-state index is -3.81. The van der Waals surface area contributed by atoms with Crippen LogP contribution >= 0.6 is 0 Å². The molecule has 1 aromatic heterocycles. The number of hydrogen-bond acceptors (Lipinski definition) is 7. The Balaban J connectivity index is 1.45. The van der Waals surface area contributed by atoms with Crippen molar-refractivity contribution in [2.45, 2.75) is 103 Å². The van der Waals surface area contributed by atoms with E-state index in [9.17, 15) is 13.2 Å². The predicted molar refractivity (Wildman–Crippen MR) is 175 cm³/mol. The molecule has 0 radical (unpaired) electrons. The van der Waals surface area contributed by atoms with Gasteiger partial charge in [0.15, 0.2) is 0 Å². The largest absolute Gasteiger partial charge is 0.385 e. The molecule has 1 aromatic carbocycles. The fourth-order valence-corrected chi connectivity index (χ4v) is 8.03. The number of pyridine rings is 1. The van der Waals surface area contributed by atoms with Crippen LogP contribution in [0.25, 0.3) is 0 Å². The molecule has 2 fully saturated rings. The number of sulfonamides is 1. The summed E-state index contributed by atoms with van der Waals surface area (Å²) in [7, 11) is -2.10. The molecule has 250 valence electrons. The quantitative estimate of drug-likeness (QED) is 0.260. The van der Waals surface area contributed by atoms with Gasteiger partial charge in [0.1, 0.15) is 0 Å². The lowest BCUT2D eigenvalue weighted by atomic mass is 9.82. The smallest absolute Gasteiger partial charge is 0.243 e. The van der Waals surface area contributed by atoms with Gasteiger partial charge in [0.05, 0.1) is 17.6 Å². The minimum Gasteiger partial charge on any atom is -0.385 e. The fourth-order valence-electron chi connectivity index (χ4n) is 6.34. The van der Waals surface area contributed by atoms with Gasteiger partial charge >= 0.3 is 0 Å². The number of amides is 1. The summed E-state index contributed by atoms with van der Waals surface area (Å²) >= 11 is 0. The maximum Gasteiger partial charge on any atom is 0.243 e. The summed E-state index contributed by atoms with van der Waals surface area (Å²) in [5.74, 6) is 0.381. The van der Waals surface area contributed by atoms with Crippen molar-refractivity contribution in [3.05, 3.63) is 58.9 Å². The van der Waals surface area contributed by atoms with E-state index < -0.39 is 15.4 Å². The van der Waals surface area contributed by atoms with E-state index in [-0.39, 0.29) is 29.5 Å². The molecule has 45 heavy (non-hydrogen) atoms. The third kappa shape index (κ3) is 10.3. The van der Waals surface area contributed by atoms with Crippen molar-refractivity contribution in [3.63, 3.8) is 0 Å². The monoisotopic (exact) mass is 643 g/mol. The number of carbonyl (C=O) groups is 1. The van der Waals surface area contributed by atoms with Crippen LogP contribution in [0.15, 0.2) is 41.3 Å². The molecule has 4 rings (SSSR count). The predicted octanol–water partition coefficient (Wildman–Crippen LogP) is 5.37. The molecule has 0 aliphatic carbocycles. The first-order valence-corrected chi connectivity index (χ1v) is 17.9. The molecule has 1 N–H and O–H groups in total. The molecular weight excluding hydrogens is 590 g/mol. The first-order chi connectivity index (χ1) is 21.5. The molecule has 0 saturated carbocycles. The van der Waals surface area contributed by atoms with E-state index in [4.69, 9.17) is 14.2 Å². The lowest BCUT2D eigenvalue weighted by molar-refractivity contribution is -0.131. The van der Waals surface area contributed by atoms with Crippen molar-refractivity contribution in [2.24, 2.45) is 11.3 Å². The van der Waals surface area contributed by atoms with Gasteiger partial charge in [-0.25, -0.2) is 8.42 Å². The second-order valence-electron chi connectivity index (χ2n) is 13.5. The molecule has 2 aliphatic rings. The maximum atomic E-state index is 14.1. The highest BCUT2D eigenvalue weighted by Gasteiger charge is 2.42. The number of nitrogens with one attached hydrogen (secondary N) is 1. The highest BCUT2D eigenvalue weighted by molar-refractivity contribution is 7.89. The molecule has 1 amide bonds. The number of methoxy groups -OCH3 is 1. The number of ether oxygens (including phenoxy) is 3. The molecule has 2 atom stereocenters. The average Bonchev–Trinajstić information content (AvgIpc) is 3.01. The lowest BCUT2D eigenvalue weighted by Crippen LogP contribution is -2.52. The zero-order valence-corrected chi connectivity index (χ0v) is 28.7. The number of piperidine rings is 1. The molecule has 9 nitrogen and oxygen atoms in total. The fraction of sp³-hybridized carbons (Fsp3) is 0.657. The number of aryl methyl sites for hydroxylation is 3. The van der Waals surface area contributed by atoms with E-state index in [1.165, 1.54) is 0 Å². The van der Waals surface area contributed by atoms with Crippen LogP contribution in [0.3, 0.4) is 0 Å².